The number of halogens is 1. The van der Waals surface area contributed by atoms with Crippen LogP contribution in [0.15, 0.2) is 30.9 Å². The molecule has 9 nitrogen and oxygen atoms in total. The lowest BCUT2D eigenvalue weighted by Gasteiger charge is -2.16. The Hall–Kier alpha value is -2.91. The van der Waals surface area contributed by atoms with E-state index in [4.69, 9.17) is 22.1 Å². The smallest absolute Gasteiger partial charge is 0.263 e. The van der Waals surface area contributed by atoms with Crippen LogP contribution < -0.4 is 21.1 Å². The molecule has 0 unspecified atom stereocenters. The number of carbonyl (C=O) groups is 1. The summed E-state index contributed by atoms with van der Waals surface area (Å²) in [5.41, 5.74) is 6.83. The normalized spacial score (nSPS) is 16.7. The minimum absolute atomic E-state index is 0.0545. The van der Waals surface area contributed by atoms with Gasteiger partial charge in [-0.25, -0.2) is 9.50 Å². The van der Waals surface area contributed by atoms with Crippen molar-refractivity contribution in [3.8, 4) is 5.75 Å². The van der Waals surface area contributed by atoms with E-state index in [1.807, 2.05) is 0 Å². The first-order valence-corrected chi connectivity index (χ1v) is 8.41. The molecule has 0 aliphatic carbocycles. The Morgan fingerprint density at radius 1 is 1.46 bits per heavy atom. The maximum absolute atomic E-state index is 12.8. The first kappa shape index (κ1) is 16.6. The molecule has 1 aliphatic rings. The maximum atomic E-state index is 12.8. The lowest BCUT2D eigenvalue weighted by Crippen LogP contribution is -2.21. The maximum Gasteiger partial charge on any atom is 0.263 e. The molecule has 0 saturated carbocycles. The van der Waals surface area contributed by atoms with Crippen LogP contribution in [0.2, 0.25) is 5.02 Å². The molecular weight excluding hydrogens is 358 g/mol. The van der Waals surface area contributed by atoms with Crippen LogP contribution >= 0.6 is 11.6 Å². The molecule has 3 aromatic rings. The van der Waals surface area contributed by atoms with Crippen molar-refractivity contribution in [1.29, 1.82) is 0 Å². The van der Waals surface area contributed by atoms with Gasteiger partial charge in [-0.3, -0.25) is 9.78 Å². The third-order valence-corrected chi connectivity index (χ3v) is 4.23. The molecule has 1 saturated heterocycles. The fraction of sp³-hybridized carbons (Fsp3) is 0.250. The highest BCUT2D eigenvalue weighted by atomic mass is 35.5. The number of aromatic nitrogens is 4. The van der Waals surface area contributed by atoms with Crippen LogP contribution in [0.25, 0.3) is 5.65 Å². The third kappa shape index (κ3) is 3.14. The van der Waals surface area contributed by atoms with Crippen LogP contribution in [0.3, 0.4) is 0 Å². The molecule has 0 bridgehead atoms. The van der Waals surface area contributed by atoms with Gasteiger partial charge in [-0.1, -0.05) is 11.6 Å². The van der Waals surface area contributed by atoms with Gasteiger partial charge in [0.2, 0.25) is 0 Å². The first-order chi connectivity index (χ1) is 12.6. The molecular formula is C16H16ClN7O2. The molecule has 0 aromatic carbocycles. The van der Waals surface area contributed by atoms with Crippen molar-refractivity contribution in [1.82, 2.24) is 24.9 Å². The summed E-state index contributed by atoms with van der Waals surface area (Å²) in [6, 6.07) is 1.71. The Kier molecular flexibility index (Phi) is 4.31. The van der Waals surface area contributed by atoms with Crippen molar-refractivity contribution < 1.29 is 9.53 Å². The minimum atomic E-state index is -0.449. The van der Waals surface area contributed by atoms with E-state index in [1.54, 1.807) is 12.3 Å². The number of carbonyl (C=O) groups excluding carboxylic acids is 1. The highest BCUT2D eigenvalue weighted by Crippen LogP contribution is 2.27. The van der Waals surface area contributed by atoms with Crippen molar-refractivity contribution >= 4 is 34.7 Å². The van der Waals surface area contributed by atoms with Gasteiger partial charge >= 0.3 is 0 Å². The number of fused-ring (bicyclic) bond motifs is 1. The van der Waals surface area contributed by atoms with E-state index in [1.165, 1.54) is 23.1 Å². The summed E-state index contributed by atoms with van der Waals surface area (Å²) in [6.07, 6.45) is 7.06. The van der Waals surface area contributed by atoms with Crippen molar-refractivity contribution in [2.24, 2.45) is 0 Å². The zero-order valence-corrected chi connectivity index (χ0v) is 14.4. The number of anilines is 2. The largest absolute Gasteiger partial charge is 0.487 e. The monoisotopic (exact) mass is 373 g/mol. The summed E-state index contributed by atoms with van der Waals surface area (Å²) < 4.78 is 7.33. The molecule has 134 valence electrons. The summed E-state index contributed by atoms with van der Waals surface area (Å²) in [5.74, 6) is 0.159. The highest BCUT2D eigenvalue weighted by molar-refractivity contribution is 6.30. The van der Waals surface area contributed by atoms with Gasteiger partial charge in [0.1, 0.15) is 23.1 Å². The van der Waals surface area contributed by atoms with Crippen molar-refractivity contribution in [3.05, 3.63) is 41.4 Å². The SMILES string of the molecule is Nc1nn2cc(Cl)cnc2c1C(=O)Nc1cnccc1O[C@@H]1CCNC1. The predicted molar refractivity (Wildman–Crippen MR) is 96.5 cm³/mol. The number of nitrogen functional groups attached to an aromatic ring is 1. The number of hydrogen-bond acceptors (Lipinski definition) is 7. The zero-order valence-electron chi connectivity index (χ0n) is 13.6. The van der Waals surface area contributed by atoms with Gasteiger partial charge < -0.3 is 21.1 Å². The molecule has 4 rings (SSSR count). The molecule has 3 aromatic heterocycles. The molecule has 1 fully saturated rings. The number of amides is 1. The molecule has 4 heterocycles. The Morgan fingerprint density at radius 3 is 3.15 bits per heavy atom. The number of pyridine rings is 1. The van der Waals surface area contributed by atoms with Gasteiger partial charge in [0, 0.05) is 25.0 Å². The summed E-state index contributed by atoms with van der Waals surface area (Å²) >= 11 is 5.90. The van der Waals surface area contributed by atoms with Gasteiger partial charge in [0.25, 0.3) is 5.91 Å². The molecule has 1 atom stereocenters. The number of nitrogens with one attached hydrogen (secondary N) is 2. The number of ether oxygens (including phenoxy) is 1. The van der Waals surface area contributed by atoms with E-state index in [2.05, 4.69) is 25.7 Å². The standard InChI is InChI=1S/C16H16ClN7O2/c17-9-5-21-15-13(14(18)23-24(15)8-9)16(25)22-11-7-20-4-2-12(11)26-10-1-3-19-6-10/h2,4-5,7-8,10,19H,1,3,6H2,(H2,18,23)(H,22,25)/t10-/m1/s1. The van der Waals surface area contributed by atoms with Gasteiger partial charge in [-0.2, -0.15) is 0 Å². The number of nitrogens with two attached hydrogens (primary N) is 1. The number of rotatable bonds is 4. The lowest BCUT2D eigenvalue weighted by atomic mass is 10.2. The molecule has 26 heavy (non-hydrogen) atoms. The molecule has 1 aliphatic heterocycles. The van der Waals surface area contributed by atoms with E-state index in [0.717, 1.165) is 19.5 Å². The van der Waals surface area contributed by atoms with Gasteiger partial charge in [-0.15, -0.1) is 5.10 Å². The highest BCUT2D eigenvalue weighted by Gasteiger charge is 2.22. The van der Waals surface area contributed by atoms with Crippen LogP contribution in [0.4, 0.5) is 11.5 Å². The summed E-state index contributed by atoms with van der Waals surface area (Å²) in [5, 5.41) is 10.5. The van der Waals surface area contributed by atoms with Crippen LogP contribution in [-0.2, 0) is 0 Å². The van der Waals surface area contributed by atoms with Crippen molar-refractivity contribution in [2.75, 3.05) is 24.1 Å². The second-order valence-corrected chi connectivity index (χ2v) is 6.30. The molecule has 0 radical (unpaired) electrons. The van der Waals surface area contributed by atoms with E-state index in [0.29, 0.717) is 22.1 Å². The molecule has 0 spiro atoms. The molecule has 4 N–H and O–H groups in total. The van der Waals surface area contributed by atoms with Gasteiger partial charge in [0.15, 0.2) is 11.5 Å². The Balaban J connectivity index is 1.62. The second-order valence-electron chi connectivity index (χ2n) is 5.86. The summed E-state index contributed by atoms with van der Waals surface area (Å²) in [6.45, 7) is 1.67. The van der Waals surface area contributed by atoms with Crippen molar-refractivity contribution in [2.45, 2.75) is 12.5 Å². The van der Waals surface area contributed by atoms with Crippen molar-refractivity contribution in [3.63, 3.8) is 0 Å². The number of hydrogen-bond donors (Lipinski definition) is 3. The predicted octanol–water partition coefficient (Wildman–Crippen LogP) is 1.35. The number of nitrogens with zero attached hydrogens (tertiary/aromatic N) is 4. The fourth-order valence-electron chi connectivity index (χ4n) is 2.82. The van der Waals surface area contributed by atoms with Crippen LogP contribution in [0.5, 0.6) is 5.75 Å². The van der Waals surface area contributed by atoms with Crippen LogP contribution in [0.1, 0.15) is 16.8 Å². The third-order valence-electron chi connectivity index (χ3n) is 4.03. The average Bonchev–Trinajstić information content (AvgIpc) is 3.23. The Labute approximate surface area is 153 Å². The lowest BCUT2D eigenvalue weighted by molar-refractivity contribution is 0.102. The second kappa shape index (κ2) is 6.77. The van der Waals surface area contributed by atoms with Gasteiger partial charge in [-0.05, 0) is 13.0 Å². The average molecular weight is 374 g/mol. The van der Waals surface area contributed by atoms with E-state index >= 15 is 0 Å². The fourth-order valence-corrected chi connectivity index (χ4v) is 2.96. The quantitative estimate of drug-likeness (QED) is 0.631. The van der Waals surface area contributed by atoms with E-state index < -0.39 is 5.91 Å². The molecule has 1 amide bonds. The van der Waals surface area contributed by atoms with E-state index in [9.17, 15) is 4.79 Å². The minimum Gasteiger partial charge on any atom is -0.487 e. The topological polar surface area (TPSA) is 119 Å². The Morgan fingerprint density at radius 2 is 2.35 bits per heavy atom. The molecule has 10 heteroatoms. The van der Waals surface area contributed by atoms with Crippen LogP contribution in [0, 0.1) is 0 Å². The first-order valence-electron chi connectivity index (χ1n) is 8.04. The zero-order chi connectivity index (χ0) is 18.1. The van der Waals surface area contributed by atoms with Gasteiger partial charge in [0.05, 0.1) is 17.4 Å². The Bertz CT molecular complexity index is 968. The summed E-state index contributed by atoms with van der Waals surface area (Å²) in [7, 11) is 0. The van der Waals surface area contributed by atoms with E-state index in [-0.39, 0.29) is 17.5 Å². The summed E-state index contributed by atoms with van der Waals surface area (Å²) in [4.78, 5) is 21.0. The van der Waals surface area contributed by atoms with Crippen LogP contribution in [-0.4, -0.2) is 44.7 Å².